The van der Waals surface area contributed by atoms with Crippen molar-refractivity contribution >= 4 is 11.9 Å². The number of carbonyl (C=O) groups is 1. The molecule has 0 saturated heterocycles. The number of benzene rings is 2. The van der Waals surface area contributed by atoms with Crippen LogP contribution >= 0.6 is 0 Å². The van der Waals surface area contributed by atoms with Crippen LogP contribution in [0.25, 0.3) is 17.3 Å². The van der Waals surface area contributed by atoms with E-state index < -0.39 is 0 Å². The van der Waals surface area contributed by atoms with E-state index in [1.54, 1.807) is 12.4 Å². The minimum Gasteiger partial charge on any atom is -0.457 e. The van der Waals surface area contributed by atoms with Crippen LogP contribution in [0.5, 0.6) is 11.5 Å². The molecule has 4 nitrogen and oxygen atoms in total. The largest absolute Gasteiger partial charge is 0.457 e. The zero-order valence-corrected chi connectivity index (χ0v) is 17.8. The third-order valence-electron chi connectivity index (χ3n) is 5.50. The SMILES string of the molecule is Cc1cccc(C(=O)Cc2cccc(Oc3cc(-c4ccncc4)nc4c3C=CC4)c2)c1. The number of aryl methyl sites for hydroxylation is 1. The fraction of sp³-hybridized carbons (Fsp3) is 0.107. The van der Waals surface area contributed by atoms with Crippen molar-refractivity contribution in [1.82, 2.24) is 9.97 Å². The Morgan fingerprint density at radius 3 is 2.69 bits per heavy atom. The second-order valence-corrected chi connectivity index (χ2v) is 7.93. The Hall–Kier alpha value is -4.05. The molecule has 4 aromatic rings. The van der Waals surface area contributed by atoms with Gasteiger partial charge in [-0.25, -0.2) is 0 Å². The minimum absolute atomic E-state index is 0.0959. The summed E-state index contributed by atoms with van der Waals surface area (Å²) in [5.74, 6) is 1.56. The Balaban J connectivity index is 1.42. The Kier molecular flexibility index (Phi) is 5.34. The molecule has 0 N–H and O–H groups in total. The number of hydrogen-bond acceptors (Lipinski definition) is 4. The van der Waals surface area contributed by atoms with Crippen LogP contribution in [0.3, 0.4) is 0 Å². The fourth-order valence-electron chi connectivity index (χ4n) is 3.91. The lowest BCUT2D eigenvalue weighted by molar-refractivity contribution is 0.0993. The first-order valence-electron chi connectivity index (χ1n) is 10.6. The molecule has 0 fully saturated rings. The summed E-state index contributed by atoms with van der Waals surface area (Å²) in [5.41, 5.74) is 6.59. The first-order valence-corrected chi connectivity index (χ1v) is 10.6. The first kappa shape index (κ1) is 19.9. The quantitative estimate of drug-likeness (QED) is 0.348. The monoisotopic (exact) mass is 418 g/mol. The maximum Gasteiger partial charge on any atom is 0.167 e. The van der Waals surface area contributed by atoms with Crippen molar-refractivity contribution in [3.05, 3.63) is 113 Å². The molecule has 156 valence electrons. The molecule has 32 heavy (non-hydrogen) atoms. The van der Waals surface area contributed by atoms with Crippen molar-refractivity contribution in [3.8, 4) is 22.8 Å². The molecule has 0 radical (unpaired) electrons. The van der Waals surface area contributed by atoms with Crippen LogP contribution in [0.4, 0.5) is 0 Å². The van der Waals surface area contributed by atoms with Crippen molar-refractivity contribution in [3.63, 3.8) is 0 Å². The summed E-state index contributed by atoms with van der Waals surface area (Å²) in [6, 6.07) is 21.3. The Labute approximate surface area is 187 Å². The van der Waals surface area contributed by atoms with E-state index in [1.165, 1.54) is 0 Å². The van der Waals surface area contributed by atoms with Crippen LogP contribution in [-0.4, -0.2) is 15.8 Å². The lowest BCUT2D eigenvalue weighted by atomic mass is 10.0. The van der Waals surface area contributed by atoms with E-state index in [4.69, 9.17) is 9.72 Å². The minimum atomic E-state index is 0.0959. The summed E-state index contributed by atoms with van der Waals surface area (Å²) in [7, 11) is 0. The van der Waals surface area contributed by atoms with Crippen LogP contribution in [-0.2, 0) is 12.8 Å². The van der Waals surface area contributed by atoms with Crippen molar-refractivity contribution in [1.29, 1.82) is 0 Å². The normalized spacial score (nSPS) is 11.9. The predicted molar refractivity (Wildman–Crippen MR) is 126 cm³/mol. The maximum atomic E-state index is 12.7. The molecule has 0 saturated carbocycles. The number of hydrogen-bond donors (Lipinski definition) is 0. The standard InChI is InChI=1S/C28H22N2O2/c1-19-5-2-7-22(15-19)27(31)17-20-6-3-8-23(16-20)32-28-18-26(21-11-13-29-14-12-21)30-25-10-4-9-24(25)28/h2-9,11-16,18H,10,17H2,1H3. The summed E-state index contributed by atoms with van der Waals surface area (Å²) in [6.45, 7) is 1.99. The second-order valence-electron chi connectivity index (χ2n) is 7.93. The molecule has 2 heterocycles. The van der Waals surface area contributed by atoms with Gasteiger partial charge in [0.1, 0.15) is 11.5 Å². The number of carbonyl (C=O) groups excluding carboxylic acids is 1. The van der Waals surface area contributed by atoms with Gasteiger partial charge in [0.05, 0.1) is 11.4 Å². The van der Waals surface area contributed by atoms with Gasteiger partial charge in [-0.05, 0) is 42.8 Å². The number of pyridine rings is 2. The molecule has 2 aromatic heterocycles. The highest BCUT2D eigenvalue weighted by Crippen LogP contribution is 2.35. The average molecular weight is 418 g/mol. The highest BCUT2D eigenvalue weighted by Gasteiger charge is 2.17. The molecule has 0 aliphatic heterocycles. The number of nitrogens with zero attached hydrogens (tertiary/aromatic N) is 2. The van der Waals surface area contributed by atoms with Crippen molar-refractivity contribution in [2.75, 3.05) is 0 Å². The fourth-order valence-corrected chi connectivity index (χ4v) is 3.91. The van der Waals surface area contributed by atoms with Crippen LogP contribution in [0.2, 0.25) is 0 Å². The van der Waals surface area contributed by atoms with Gasteiger partial charge < -0.3 is 4.74 Å². The van der Waals surface area contributed by atoms with E-state index in [2.05, 4.69) is 17.1 Å². The molecular weight excluding hydrogens is 396 g/mol. The van der Waals surface area contributed by atoms with Crippen molar-refractivity contribution < 1.29 is 9.53 Å². The number of fused-ring (bicyclic) bond motifs is 1. The van der Waals surface area contributed by atoms with E-state index in [1.807, 2.05) is 73.7 Å². The summed E-state index contributed by atoms with van der Waals surface area (Å²) in [5, 5.41) is 0. The molecule has 1 aliphatic rings. The predicted octanol–water partition coefficient (Wildman–Crippen LogP) is 6.24. The highest BCUT2D eigenvalue weighted by molar-refractivity contribution is 5.97. The zero-order chi connectivity index (χ0) is 21.9. The molecule has 0 bridgehead atoms. The topological polar surface area (TPSA) is 52.1 Å². The molecular formula is C28H22N2O2. The number of Topliss-reactive ketones (excluding diaryl/α,β-unsaturated/α-hetero) is 1. The third-order valence-corrected chi connectivity index (χ3v) is 5.50. The van der Waals surface area contributed by atoms with Gasteiger partial charge in [0.2, 0.25) is 0 Å². The van der Waals surface area contributed by atoms with Gasteiger partial charge in [-0.15, -0.1) is 0 Å². The number of ketones is 1. The highest BCUT2D eigenvalue weighted by atomic mass is 16.5. The summed E-state index contributed by atoms with van der Waals surface area (Å²) < 4.78 is 6.31. The first-order chi connectivity index (χ1) is 15.7. The van der Waals surface area contributed by atoms with Crippen LogP contribution < -0.4 is 4.74 Å². The molecule has 1 aliphatic carbocycles. The Morgan fingerprint density at radius 1 is 1.00 bits per heavy atom. The molecule has 5 rings (SSSR count). The lowest BCUT2D eigenvalue weighted by Gasteiger charge is -2.13. The second kappa shape index (κ2) is 8.60. The van der Waals surface area contributed by atoms with Gasteiger partial charge in [-0.3, -0.25) is 14.8 Å². The number of allylic oxidation sites excluding steroid dienone is 1. The Morgan fingerprint density at radius 2 is 1.84 bits per heavy atom. The molecule has 4 heteroatoms. The van der Waals surface area contributed by atoms with E-state index in [0.29, 0.717) is 12.2 Å². The van der Waals surface area contributed by atoms with Crippen LogP contribution in [0, 0.1) is 6.92 Å². The van der Waals surface area contributed by atoms with E-state index in [-0.39, 0.29) is 5.78 Å². The van der Waals surface area contributed by atoms with Crippen LogP contribution in [0.15, 0.2) is 85.2 Å². The third kappa shape index (κ3) is 4.21. The number of aromatic nitrogens is 2. The van der Waals surface area contributed by atoms with Gasteiger partial charge in [0.15, 0.2) is 5.78 Å². The molecule has 0 amide bonds. The zero-order valence-electron chi connectivity index (χ0n) is 17.8. The number of ether oxygens (including phenoxy) is 1. The molecule has 2 aromatic carbocycles. The summed E-state index contributed by atoms with van der Waals surface area (Å²) in [4.78, 5) is 21.6. The van der Waals surface area contributed by atoms with E-state index in [0.717, 1.165) is 51.4 Å². The molecule has 0 unspecified atom stereocenters. The average Bonchev–Trinajstić information content (AvgIpc) is 3.29. The van der Waals surface area contributed by atoms with Gasteiger partial charge in [0, 0.05) is 48.0 Å². The Bertz CT molecular complexity index is 1330. The van der Waals surface area contributed by atoms with Crippen molar-refractivity contribution in [2.45, 2.75) is 19.8 Å². The van der Waals surface area contributed by atoms with Gasteiger partial charge in [-0.1, -0.05) is 48.0 Å². The maximum absolute atomic E-state index is 12.7. The molecule has 0 atom stereocenters. The van der Waals surface area contributed by atoms with Crippen LogP contribution in [0.1, 0.15) is 32.7 Å². The van der Waals surface area contributed by atoms with E-state index >= 15 is 0 Å². The van der Waals surface area contributed by atoms with Crippen molar-refractivity contribution in [2.24, 2.45) is 0 Å². The number of rotatable bonds is 6. The van der Waals surface area contributed by atoms with Gasteiger partial charge >= 0.3 is 0 Å². The smallest absolute Gasteiger partial charge is 0.167 e. The summed E-state index contributed by atoms with van der Waals surface area (Å²) >= 11 is 0. The van der Waals surface area contributed by atoms with Gasteiger partial charge in [0.25, 0.3) is 0 Å². The van der Waals surface area contributed by atoms with E-state index in [9.17, 15) is 4.79 Å². The lowest BCUT2D eigenvalue weighted by Crippen LogP contribution is -2.04. The van der Waals surface area contributed by atoms with Gasteiger partial charge in [-0.2, -0.15) is 0 Å². The molecule has 0 spiro atoms. The summed E-state index contributed by atoms with van der Waals surface area (Å²) in [6.07, 6.45) is 8.79.